The average molecular weight is 344 g/mol. The molecule has 0 aliphatic heterocycles. The number of likely N-dealkylation sites (N-methyl/N-ethyl adjacent to an activating group) is 1. The summed E-state index contributed by atoms with van der Waals surface area (Å²) in [4.78, 5) is 14.1. The van der Waals surface area contributed by atoms with Crippen LogP contribution in [0.25, 0.3) is 0 Å². The van der Waals surface area contributed by atoms with Crippen LogP contribution in [-0.4, -0.2) is 43.8 Å². The minimum Gasteiger partial charge on any atom is -0.341 e. The van der Waals surface area contributed by atoms with Gasteiger partial charge in [0.05, 0.1) is 11.7 Å². The molecule has 0 spiro atoms. The van der Waals surface area contributed by atoms with Gasteiger partial charge in [0.25, 0.3) is 0 Å². The van der Waals surface area contributed by atoms with Crippen LogP contribution in [0.15, 0.2) is 24.3 Å². The molecular formula is C16H22ClNO3S. The molecular weight excluding hydrogens is 322 g/mol. The first-order valence-corrected chi connectivity index (χ1v) is 9.81. The first-order chi connectivity index (χ1) is 10.3. The largest absolute Gasteiger partial charge is 0.341 e. The number of amides is 1. The van der Waals surface area contributed by atoms with Gasteiger partial charge in [0.1, 0.15) is 0 Å². The third-order valence-electron chi connectivity index (χ3n) is 4.38. The molecule has 4 nitrogen and oxygen atoms in total. The van der Waals surface area contributed by atoms with Crippen molar-refractivity contribution in [1.29, 1.82) is 0 Å². The summed E-state index contributed by atoms with van der Waals surface area (Å²) in [5, 5.41) is 0.189. The Labute approximate surface area is 137 Å². The first-order valence-electron chi connectivity index (χ1n) is 7.48. The van der Waals surface area contributed by atoms with Crippen molar-refractivity contribution in [1.82, 2.24) is 4.90 Å². The number of hydrogen-bond acceptors (Lipinski definition) is 3. The van der Waals surface area contributed by atoms with E-state index in [1.54, 1.807) is 24.1 Å². The quantitative estimate of drug-likeness (QED) is 0.844. The van der Waals surface area contributed by atoms with Crippen LogP contribution in [0.5, 0.6) is 0 Å². The molecule has 22 heavy (non-hydrogen) atoms. The van der Waals surface area contributed by atoms with Crippen LogP contribution in [0.2, 0.25) is 5.02 Å². The fraction of sp³-hybridized carbons (Fsp3) is 0.562. The smallest absolute Gasteiger partial charge is 0.227 e. The van der Waals surface area contributed by atoms with Gasteiger partial charge in [-0.15, -0.1) is 0 Å². The van der Waals surface area contributed by atoms with Crippen LogP contribution in [0.3, 0.4) is 0 Å². The number of carbonyl (C=O) groups excluding carboxylic acids is 1. The van der Waals surface area contributed by atoms with Crippen LogP contribution < -0.4 is 0 Å². The molecule has 1 fully saturated rings. The molecule has 2 atom stereocenters. The molecule has 1 aliphatic rings. The van der Waals surface area contributed by atoms with Gasteiger partial charge in [-0.3, -0.25) is 4.79 Å². The lowest BCUT2D eigenvalue weighted by molar-refractivity contribution is -0.131. The highest BCUT2D eigenvalue weighted by Crippen LogP contribution is 2.27. The molecule has 0 unspecified atom stereocenters. The minimum atomic E-state index is -3.14. The van der Waals surface area contributed by atoms with Crippen molar-refractivity contribution in [2.45, 2.75) is 43.4 Å². The third kappa shape index (κ3) is 4.23. The Hall–Kier alpha value is -1.07. The Morgan fingerprint density at radius 2 is 1.82 bits per heavy atom. The second kappa shape index (κ2) is 7.01. The Balaban J connectivity index is 2.09. The molecule has 0 N–H and O–H groups in total. The minimum absolute atomic E-state index is 0.0529. The number of sulfone groups is 1. The van der Waals surface area contributed by atoms with Crippen LogP contribution in [0, 0.1) is 0 Å². The summed E-state index contributed by atoms with van der Waals surface area (Å²) in [6, 6.07) is 6.93. The Kier molecular flexibility index (Phi) is 5.50. The number of benzene rings is 1. The Bertz CT molecular complexity index is 627. The molecule has 1 aromatic carbocycles. The molecule has 0 radical (unpaired) electrons. The maximum absolute atomic E-state index is 12.5. The molecule has 0 bridgehead atoms. The van der Waals surface area contributed by atoms with Crippen LogP contribution >= 0.6 is 11.6 Å². The zero-order valence-corrected chi connectivity index (χ0v) is 14.5. The second-order valence-corrected chi connectivity index (χ2v) is 8.73. The number of nitrogens with zero attached hydrogens (tertiary/aromatic N) is 1. The van der Waals surface area contributed by atoms with E-state index in [4.69, 9.17) is 11.6 Å². The van der Waals surface area contributed by atoms with E-state index in [-0.39, 0.29) is 18.4 Å². The summed E-state index contributed by atoms with van der Waals surface area (Å²) >= 11 is 5.84. The number of carbonyl (C=O) groups is 1. The van der Waals surface area contributed by atoms with Crippen LogP contribution in [0.1, 0.15) is 31.2 Å². The van der Waals surface area contributed by atoms with Crippen molar-refractivity contribution in [2.75, 3.05) is 13.3 Å². The average Bonchev–Trinajstić information content (AvgIpc) is 2.48. The van der Waals surface area contributed by atoms with Crippen molar-refractivity contribution in [3.63, 3.8) is 0 Å². The highest BCUT2D eigenvalue weighted by molar-refractivity contribution is 7.91. The SMILES string of the molecule is CN(C(=O)Cc1ccc(Cl)cc1)[C@@H]1CCCC[C@@H]1S(C)(=O)=O. The second-order valence-electron chi connectivity index (χ2n) is 6.03. The maximum Gasteiger partial charge on any atom is 0.227 e. The molecule has 0 aromatic heterocycles. The fourth-order valence-electron chi connectivity index (χ4n) is 3.11. The summed E-state index contributed by atoms with van der Waals surface area (Å²) in [5.41, 5.74) is 0.882. The van der Waals surface area contributed by atoms with Gasteiger partial charge in [-0.1, -0.05) is 36.6 Å². The van der Waals surface area contributed by atoms with E-state index < -0.39 is 15.1 Å². The van der Waals surface area contributed by atoms with Gasteiger partial charge < -0.3 is 4.90 Å². The van der Waals surface area contributed by atoms with Gasteiger partial charge in [0.15, 0.2) is 9.84 Å². The van der Waals surface area contributed by atoms with E-state index in [1.165, 1.54) is 6.26 Å². The van der Waals surface area contributed by atoms with E-state index in [0.717, 1.165) is 24.8 Å². The normalized spacial score (nSPS) is 22.3. The molecule has 0 heterocycles. The third-order valence-corrected chi connectivity index (χ3v) is 6.28. The zero-order valence-electron chi connectivity index (χ0n) is 13.0. The van der Waals surface area contributed by atoms with Crippen molar-refractivity contribution in [3.05, 3.63) is 34.9 Å². The molecule has 122 valence electrons. The van der Waals surface area contributed by atoms with E-state index in [2.05, 4.69) is 0 Å². The van der Waals surface area contributed by atoms with E-state index in [0.29, 0.717) is 11.4 Å². The predicted octanol–water partition coefficient (Wildman–Crippen LogP) is 2.70. The summed E-state index contributed by atoms with van der Waals surface area (Å²) in [5.74, 6) is -0.0529. The van der Waals surface area contributed by atoms with Crippen molar-refractivity contribution in [3.8, 4) is 0 Å². The zero-order chi connectivity index (χ0) is 16.3. The standard InChI is InChI=1S/C16H22ClNO3S/c1-18(14-5-3-4-6-15(14)22(2,20)21)16(19)11-12-7-9-13(17)10-8-12/h7-10,14-15H,3-6,11H2,1-2H3/t14-,15+/m1/s1. The number of halogens is 1. The van der Waals surface area contributed by atoms with Crippen molar-refractivity contribution in [2.24, 2.45) is 0 Å². The van der Waals surface area contributed by atoms with Gasteiger partial charge in [-0.2, -0.15) is 0 Å². The molecule has 6 heteroatoms. The summed E-state index contributed by atoms with van der Waals surface area (Å²) in [6.07, 6.45) is 4.81. The highest BCUT2D eigenvalue weighted by Gasteiger charge is 2.36. The molecule has 1 aromatic rings. The molecule has 1 aliphatic carbocycles. The predicted molar refractivity (Wildman–Crippen MR) is 88.8 cm³/mol. The van der Waals surface area contributed by atoms with Gasteiger partial charge >= 0.3 is 0 Å². The topological polar surface area (TPSA) is 54.5 Å². The van der Waals surface area contributed by atoms with Crippen molar-refractivity contribution >= 4 is 27.3 Å². The van der Waals surface area contributed by atoms with E-state index >= 15 is 0 Å². The first kappa shape index (κ1) is 17.3. The van der Waals surface area contributed by atoms with E-state index in [1.807, 2.05) is 12.1 Å². The maximum atomic E-state index is 12.5. The fourth-order valence-corrected chi connectivity index (χ4v) is 4.72. The molecule has 0 saturated heterocycles. The lowest BCUT2D eigenvalue weighted by Crippen LogP contribution is -2.49. The lowest BCUT2D eigenvalue weighted by atomic mass is 9.93. The highest BCUT2D eigenvalue weighted by atomic mass is 35.5. The van der Waals surface area contributed by atoms with Crippen LogP contribution in [-0.2, 0) is 21.1 Å². The Morgan fingerprint density at radius 1 is 1.23 bits per heavy atom. The number of rotatable bonds is 4. The summed E-state index contributed by atoms with van der Waals surface area (Å²) in [6.45, 7) is 0. The van der Waals surface area contributed by atoms with Gasteiger partial charge in [-0.25, -0.2) is 8.42 Å². The Morgan fingerprint density at radius 3 is 2.41 bits per heavy atom. The van der Waals surface area contributed by atoms with Gasteiger partial charge in [0, 0.05) is 24.4 Å². The van der Waals surface area contributed by atoms with Crippen LogP contribution in [0.4, 0.5) is 0 Å². The molecule has 1 amide bonds. The number of hydrogen-bond donors (Lipinski definition) is 0. The lowest BCUT2D eigenvalue weighted by Gasteiger charge is -2.37. The van der Waals surface area contributed by atoms with Gasteiger partial charge in [0.2, 0.25) is 5.91 Å². The molecule has 1 saturated carbocycles. The molecule has 2 rings (SSSR count). The monoisotopic (exact) mass is 343 g/mol. The summed E-state index contributed by atoms with van der Waals surface area (Å²) < 4.78 is 23.9. The van der Waals surface area contributed by atoms with Gasteiger partial charge in [-0.05, 0) is 30.5 Å². The van der Waals surface area contributed by atoms with E-state index in [9.17, 15) is 13.2 Å². The summed E-state index contributed by atoms with van der Waals surface area (Å²) in [7, 11) is -1.43. The van der Waals surface area contributed by atoms with Crippen molar-refractivity contribution < 1.29 is 13.2 Å².